The predicted molar refractivity (Wildman–Crippen MR) is 64.4 cm³/mol. The molecule has 0 bridgehead atoms. The number of ether oxygens (including phenoxy) is 1. The monoisotopic (exact) mass is 238 g/mol. The first-order valence-electron chi connectivity index (χ1n) is 5.43. The molecule has 1 aliphatic rings. The molecule has 0 saturated carbocycles. The third-order valence-electron chi connectivity index (χ3n) is 2.81. The minimum absolute atomic E-state index is 0.573. The molecule has 0 spiro atoms. The van der Waals surface area contributed by atoms with Crippen molar-refractivity contribution in [3.63, 3.8) is 0 Å². The molecule has 1 atom stereocenters. The van der Waals surface area contributed by atoms with Gasteiger partial charge in [-0.25, -0.2) is 0 Å². The summed E-state index contributed by atoms with van der Waals surface area (Å²) in [5.41, 5.74) is 2.79. The number of halogens is 1. The minimum atomic E-state index is -0.573. The van der Waals surface area contributed by atoms with Crippen LogP contribution < -0.4 is 0 Å². The number of hydrogen-bond donors (Lipinski definition) is 1. The van der Waals surface area contributed by atoms with Gasteiger partial charge in [0.2, 0.25) is 0 Å². The highest BCUT2D eigenvalue weighted by Gasteiger charge is 2.16. The Balaban J connectivity index is 2.22. The van der Waals surface area contributed by atoms with E-state index in [1.54, 1.807) is 6.26 Å². The van der Waals surface area contributed by atoms with Crippen LogP contribution in [-0.2, 0) is 4.74 Å². The lowest BCUT2D eigenvalue weighted by Gasteiger charge is -2.19. The van der Waals surface area contributed by atoms with Gasteiger partial charge in [0.15, 0.2) is 0 Å². The van der Waals surface area contributed by atoms with Crippen molar-refractivity contribution in [1.29, 1.82) is 0 Å². The molecule has 86 valence electrons. The van der Waals surface area contributed by atoms with Crippen molar-refractivity contribution in [2.24, 2.45) is 0 Å². The molecule has 0 radical (unpaired) electrons. The molecule has 1 N–H and O–H groups in total. The number of aliphatic hydroxyl groups is 1. The maximum atomic E-state index is 10.2. The van der Waals surface area contributed by atoms with E-state index in [-0.39, 0.29) is 0 Å². The van der Waals surface area contributed by atoms with Gasteiger partial charge in [-0.05, 0) is 42.5 Å². The zero-order valence-electron chi connectivity index (χ0n) is 9.24. The van der Waals surface area contributed by atoms with Crippen molar-refractivity contribution < 1.29 is 9.84 Å². The molecule has 0 aromatic heterocycles. The van der Waals surface area contributed by atoms with Crippen LogP contribution in [0.1, 0.15) is 30.1 Å². The Hall–Kier alpha value is -0.990. The molecule has 0 amide bonds. The number of hydrogen-bond acceptors (Lipinski definition) is 2. The van der Waals surface area contributed by atoms with Crippen molar-refractivity contribution in [3.05, 3.63) is 46.2 Å². The van der Waals surface area contributed by atoms with E-state index < -0.39 is 6.10 Å². The largest absolute Gasteiger partial charge is 0.501 e. The zero-order chi connectivity index (χ0) is 11.5. The van der Waals surface area contributed by atoms with E-state index in [1.807, 2.05) is 25.1 Å². The molecule has 1 aliphatic heterocycles. The van der Waals surface area contributed by atoms with Crippen LogP contribution in [-0.4, -0.2) is 11.7 Å². The molecular formula is C13H15ClO2. The fourth-order valence-electron chi connectivity index (χ4n) is 1.84. The Kier molecular flexibility index (Phi) is 3.52. The summed E-state index contributed by atoms with van der Waals surface area (Å²) in [6.45, 7) is 2.68. The topological polar surface area (TPSA) is 29.5 Å². The number of rotatable bonds is 2. The molecule has 2 rings (SSSR count). The van der Waals surface area contributed by atoms with E-state index in [1.165, 1.54) is 0 Å². The van der Waals surface area contributed by atoms with Crippen molar-refractivity contribution in [2.75, 3.05) is 6.61 Å². The van der Waals surface area contributed by atoms with Crippen LogP contribution in [0.2, 0.25) is 5.02 Å². The summed E-state index contributed by atoms with van der Waals surface area (Å²) in [7, 11) is 0. The summed E-state index contributed by atoms with van der Waals surface area (Å²) in [4.78, 5) is 0. The quantitative estimate of drug-likeness (QED) is 0.856. The summed E-state index contributed by atoms with van der Waals surface area (Å²) < 4.78 is 5.23. The fourth-order valence-corrected chi connectivity index (χ4v) is 1.96. The normalized spacial score (nSPS) is 17.6. The fraction of sp³-hybridized carbons (Fsp3) is 0.385. The van der Waals surface area contributed by atoms with Crippen LogP contribution >= 0.6 is 11.6 Å². The molecule has 0 fully saturated rings. The summed E-state index contributed by atoms with van der Waals surface area (Å²) in [5, 5.41) is 10.9. The highest BCUT2D eigenvalue weighted by atomic mass is 35.5. The average Bonchev–Trinajstić information content (AvgIpc) is 2.33. The minimum Gasteiger partial charge on any atom is -0.501 e. The SMILES string of the molecule is Cc1cc(C(O)C2=COCCC2)ccc1Cl. The molecule has 0 aliphatic carbocycles. The van der Waals surface area contributed by atoms with Crippen LogP contribution in [0, 0.1) is 6.92 Å². The highest BCUT2D eigenvalue weighted by molar-refractivity contribution is 6.31. The molecule has 0 saturated heterocycles. The van der Waals surface area contributed by atoms with Crippen LogP contribution in [0.5, 0.6) is 0 Å². The number of benzene rings is 1. The summed E-state index contributed by atoms with van der Waals surface area (Å²) in [6, 6.07) is 5.59. The molecule has 1 aromatic carbocycles. The van der Waals surface area contributed by atoms with E-state index in [4.69, 9.17) is 16.3 Å². The van der Waals surface area contributed by atoms with Crippen LogP contribution in [0.25, 0.3) is 0 Å². The second-order valence-electron chi connectivity index (χ2n) is 4.08. The average molecular weight is 239 g/mol. The molecule has 1 aromatic rings. The van der Waals surface area contributed by atoms with Gasteiger partial charge in [-0.2, -0.15) is 0 Å². The highest BCUT2D eigenvalue weighted by Crippen LogP contribution is 2.29. The molecule has 16 heavy (non-hydrogen) atoms. The van der Waals surface area contributed by atoms with Crippen LogP contribution in [0.3, 0.4) is 0 Å². The Labute approximate surface area is 101 Å². The van der Waals surface area contributed by atoms with Crippen LogP contribution in [0.4, 0.5) is 0 Å². The first-order chi connectivity index (χ1) is 7.68. The summed E-state index contributed by atoms with van der Waals surface area (Å²) in [6.07, 6.45) is 2.97. The van der Waals surface area contributed by atoms with E-state index in [9.17, 15) is 5.11 Å². The molecule has 2 nitrogen and oxygen atoms in total. The van der Waals surface area contributed by atoms with Gasteiger partial charge in [-0.15, -0.1) is 0 Å². The Morgan fingerprint density at radius 1 is 1.44 bits per heavy atom. The molecule has 1 unspecified atom stereocenters. The van der Waals surface area contributed by atoms with Crippen molar-refractivity contribution in [3.8, 4) is 0 Å². The van der Waals surface area contributed by atoms with Crippen molar-refractivity contribution in [1.82, 2.24) is 0 Å². The van der Waals surface area contributed by atoms with Gasteiger partial charge in [-0.3, -0.25) is 0 Å². The van der Waals surface area contributed by atoms with Gasteiger partial charge >= 0.3 is 0 Å². The van der Waals surface area contributed by atoms with Crippen molar-refractivity contribution in [2.45, 2.75) is 25.9 Å². The zero-order valence-corrected chi connectivity index (χ0v) is 10.00. The van der Waals surface area contributed by atoms with E-state index in [0.717, 1.165) is 41.2 Å². The Morgan fingerprint density at radius 3 is 2.88 bits per heavy atom. The van der Waals surface area contributed by atoms with Gasteiger partial charge in [-0.1, -0.05) is 23.7 Å². The van der Waals surface area contributed by atoms with Crippen LogP contribution in [0.15, 0.2) is 30.0 Å². The van der Waals surface area contributed by atoms with E-state index in [0.29, 0.717) is 0 Å². The van der Waals surface area contributed by atoms with Gasteiger partial charge in [0.05, 0.1) is 12.9 Å². The molecule has 3 heteroatoms. The first kappa shape index (κ1) is 11.5. The number of aliphatic hydroxyl groups excluding tert-OH is 1. The van der Waals surface area contributed by atoms with Gasteiger partial charge in [0.25, 0.3) is 0 Å². The third-order valence-corrected chi connectivity index (χ3v) is 3.24. The lowest BCUT2D eigenvalue weighted by Crippen LogP contribution is -2.08. The van der Waals surface area contributed by atoms with E-state index >= 15 is 0 Å². The lowest BCUT2D eigenvalue weighted by molar-refractivity contribution is 0.170. The Bertz CT molecular complexity index is 412. The lowest BCUT2D eigenvalue weighted by atomic mass is 9.97. The second kappa shape index (κ2) is 4.89. The second-order valence-corrected chi connectivity index (χ2v) is 4.49. The molecular weight excluding hydrogens is 224 g/mol. The maximum Gasteiger partial charge on any atom is 0.103 e. The third kappa shape index (κ3) is 2.39. The van der Waals surface area contributed by atoms with Crippen molar-refractivity contribution >= 4 is 11.6 Å². The standard InChI is InChI=1S/C13H15ClO2/c1-9-7-10(4-5-12(9)14)13(15)11-3-2-6-16-8-11/h4-5,7-8,13,15H,2-3,6H2,1H3. The predicted octanol–water partition coefficient (Wildman–Crippen LogP) is 3.38. The van der Waals surface area contributed by atoms with Gasteiger partial charge in [0, 0.05) is 5.02 Å². The Morgan fingerprint density at radius 2 is 2.25 bits per heavy atom. The molecule has 1 heterocycles. The maximum absolute atomic E-state index is 10.2. The van der Waals surface area contributed by atoms with Gasteiger partial charge < -0.3 is 9.84 Å². The summed E-state index contributed by atoms with van der Waals surface area (Å²) in [5.74, 6) is 0. The van der Waals surface area contributed by atoms with Gasteiger partial charge in [0.1, 0.15) is 6.10 Å². The smallest absolute Gasteiger partial charge is 0.103 e. The first-order valence-corrected chi connectivity index (χ1v) is 5.81. The number of aryl methyl sites for hydroxylation is 1. The van der Waals surface area contributed by atoms with E-state index in [2.05, 4.69) is 0 Å². The summed E-state index contributed by atoms with van der Waals surface area (Å²) >= 11 is 5.95.